The fraction of sp³-hybridized carbons (Fsp3) is 0.440. The number of carbonyl (C=O) groups excluding carboxylic acids is 2. The van der Waals surface area contributed by atoms with Crippen molar-refractivity contribution in [3.05, 3.63) is 65.2 Å². The predicted octanol–water partition coefficient (Wildman–Crippen LogP) is 6.08. The molecule has 8 heteroatoms. The highest BCUT2D eigenvalue weighted by Crippen LogP contribution is 2.31. The summed E-state index contributed by atoms with van der Waals surface area (Å²) < 4.78 is 39.0. The van der Waals surface area contributed by atoms with E-state index in [1.54, 1.807) is 37.3 Å². The van der Waals surface area contributed by atoms with Crippen LogP contribution in [0.2, 0.25) is 0 Å². The van der Waals surface area contributed by atoms with Gasteiger partial charge in [-0.3, -0.25) is 9.59 Å². The van der Waals surface area contributed by atoms with Crippen molar-refractivity contribution in [1.29, 1.82) is 0 Å². The van der Waals surface area contributed by atoms with Crippen molar-refractivity contribution in [3.63, 3.8) is 0 Å². The van der Waals surface area contributed by atoms with Gasteiger partial charge < -0.3 is 10.2 Å². The number of amides is 2. The van der Waals surface area contributed by atoms with Crippen molar-refractivity contribution >= 4 is 23.6 Å². The van der Waals surface area contributed by atoms with Gasteiger partial charge in [0.15, 0.2) is 0 Å². The van der Waals surface area contributed by atoms with Gasteiger partial charge in [-0.15, -0.1) is 11.8 Å². The van der Waals surface area contributed by atoms with E-state index < -0.39 is 23.7 Å². The van der Waals surface area contributed by atoms with Crippen LogP contribution >= 0.6 is 11.8 Å². The van der Waals surface area contributed by atoms with Gasteiger partial charge >= 0.3 is 6.18 Å². The van der Waals surface area contributed by atoms with Crippen LogP contribution in [0.3, 0.4) is 0 Å². The maximum atomic E-state index is 13.0. The minimum atomic E-state index is -4.44. The third-order valence-corrected chi connectivity index (χ3v) is 7.12. The number of nitrogens with zero attached hydrogens (tertiary/aromatic N) is 1. The quantitative estimate of drug-likeness (QED) is 0.491. The Kier molecular flexibility index (Phi) is 8.46. The lowest BCUT2D eigenvalue weighted by atomic mass is 9.94. The summed E-state index contributed by atoms with van der Waals surface area (Å²) in [5.41, 5.74) is 0.0136. The Morgan fingerprint density at radius 2 is 1.79 bits per heavy atom. The first-order valence-corrected chi connectivity index (χ1v) is 12.1. The Hall–Kier alpha value is -2.48. The van der Waals surface area contributed by atoms with Crippen LogP contribution in [0.25, 0.3) is 0 Å². The molecule has 1 N–H and O–H groups in total. The molecule has 2 aromatic rings. The number of nitrogens with one attached hydrogen (secondary N) is 1. The molecule has 0 saturated heterocycles. The highest BCUT2D eigenvalue weighted by atomic mass is 32.2. The second-order valence-electron chi connectivity index (χ2n) is 8.40. The van der Waals surface area contributed by atoms with Gasteiger partial charge in [0, 0.05) is 18.0 Å². The Balaban J connectivity index is 1.64. The van der Waals surface area contributed by atoms with Crippen LogP contribution in [0.4, 0.5) is 13.2 Å². The number of rotatable bonds is 7. The highest BCUT2D eigenvalue weighted by Gasteiger charge is 2.31. The lowest BCUT2D eigenvalue weighted by Crippen LogP contribution is -2.39. The van der Waals surface area contributed by atoms with E-state index in [9.17, 15) is 22.8 Å². The summed E-state index contributed by atoms with van der Waals surface area (Å²) in [7, 11) is 1.84. The summed E-state index contributed by atoms with van der Waals surface area (Å²) in [4.78, 5) is 28.1. The summed E-state index contributed by atoms with van der Waals surface area (Å²) in [5.74, 6) is -0.143. The molecule has 33 heavy (non-hydrogen) atoms. The summed E-state index contributed by atoms with van der Waals surface area (Å²) in [6.45, 7) is 1.64. The maximum Gasteiger partial charge on any atom is 0.416 e. The van der Waals surface area contributed by atoms with Gasteiger partial charge in [0.05, 0.1) is 22.9 Å². The average molecular weight is 479 g/mol. The Labute approximate surface area is 196 Å². The van der Waals surface area contributed by atoms with E-state index in [-0.39, 0.29) is 17.7 Å². The van der Waals surface area contributed by atoms with Crippen LogP contribution in [0.15, 0.2) is 53.4 Å². The van der Waals surface area contributed by atoms with Gasteiger partial charge in [0.2, 0.25) is 5.91 Å². The third kappa shape index (κ3) is 6.76. The SMILES string of the molecule is CC(NC(=O)c1ccccc1SCC(=O)N(C)C1CCCCC1)c1cccc(C(F)(F)F)c1. The zero-order chi connectivity index (χ0) is 24.0. The minimum Gasteiger partial charge on any atom is -0.345 e. The van der Waals surface area contributed by atoms with Gasteiger partial charge in [0.25, 0.3) is 5.91 Å². The van der Waals surface area contributed by atoms with E-state index in [0.29, 0.717) is 16.0 Å². The smallest absolute Gasteiger partial charge is 0.345 e. The second kappa shape index (κ2) is 11.1. The van der Waals surface area contributed by atoms with Gasteiger partial charge in [-0.2, -0.15) is 13.2 Å². The Morgan fingerprint density at radius 3 is 2.48 bits per heavy atom. The van der Waals surface area contributed by atoms with E-state index in [4.69, 9.17) is 0 Å². The lowest BCUT2D eigenvalue weighted by molar-refractivity contribution is -0.137. The average Bonchev–Trinajstić information content (AvgIpc) is 2.82. The molecule has 0 heterocycles. The molecule has 2 aromatic carbocycles. The molecule has 1 saturated carbocycles. The number of benzene rings is 2. The van der Waals surface area contributed by atoms with E-state index >= 15 is 0 Å². The zero-order valence-electron chi connectivity index (χ0n) is 18.8. The molecule has 1 atom stereocenters. The van der Waals surface area contributed by atoms with Crippen molar-refractivity contribution < 1.29 is 22.8 Å². The van der Waals surface area contributed by atoms with Crippen molar-refractivity contribution in [1.82, 2.24) is 10.2 Å². The molecule has 0 bridgehead atoms. The zero-order valence-corrected chi connectivity index (χ0v) is 19.6. The van der Waals surface area contributed by atoms with Crippen LogP contribution in [0, 0.1) is 0 Å². The number of carbonyl (C=O) groups is 2. The molecule has 178 valence electrons. The normalized spacial score (nSPS) is 15.7. The van der Waals surface area contributed by atoms with Crippen LogP contribution in [-0.4, -0.2) is 35.6 Å². The first-order valence-electron chi connectivity index (χ1n) is 11.1. The van der Waals surface area contributed by atoms with E-state index in [1.165, 1.54) is 24.2 Å². The van der Waals surface area contributed by atoms with Crippen LogP contribution in [0.5, 0.6) is 0 Å². The lowest BCUT2D eigenvalue weighted by Gasteiger charge is -2.31. The maximum absolute atomic E-state index is 13.0. The molecule has 1 aliphatic rings. The fourth-order valence-corrected chi connectivity index (χ4v) is 5.01. The molecule has 3 rings (SSSR count). The standard InChI is InChI=1S/C25H29F3N2O2S/c1-17(18-9-8-10-19(15-18)25(26,27)28)29-24(32)21-13-6-7-14-22(21)33-16-23(31)30(2)20-11-4-3-5-12-20/h6-10,13-15,17,20H,3-5,11-12,16H2,1-2H3,(H,29,32). The fourth-order valence-electron chi connectivity index (χ4n) is 4.04. The molecule has 1 aliphatic carbocycles. The van der Waals surface area contributed by atoms with Gasteiger partial charge in [-0.05, 0) is 49.6 Å². The highest BCUT2D eigenvalue weighted by molar-refractivity contribution is 8.00. The number of hydrogen-bond acceptors (Lipinski definition) is 3. The van der Waals surface area contributed by atoms with Crippen molar-refractivity contribution in [2.45, 2.75) is 62.2 Å². The summed E-state index contributed by atoms with van der Waals surface area (Å²) in [6, 6.07) is 11.6. The molecular weight excluding hydrogens is 449 g/mol. The molecule has 2 amide bonds. The molecule has 0 aromatic heterocycles. The first-order chi connectivity index (χ1) is 15.7. The molecule has 0 aliphatic heterocycles. The van der Waals surface area contributed by atoms with Crippen molar-refractivity contribution in [3.8, 4) is 0 Å². The molecule has 1 unspecified atom stereocenters. The largest absolute Gasteiger partial charge is 0.416 e. The van der Waals surface area contributed by atoms with E-state index in [1.807, 2.05) is 11.9 Å². The third-order valence-electron chi connectivity index (χ3n) is 6.06. The Bertz CT molecular complexity index is 974. The van der Waals surface area contributed by atoms with Crippen molar-refractivity contribution in [2.24, 2.45) is 0 Å². The van der Waals surface area contributed by atoms with Gasteiger partial charge in [-0.1, -0.05) is 43.5 Å². The molecule has 1 fully saturated rings. The Morgan fingerprint density at radius 1 is 1.09 bits per heavy atom. The summed E-state index contributed by atoms with van der Waals surface area (Å²) in [5, 5.41) is 2.78. The van der Waals surface area contributed by atoms with E-state index in [2.05, 4.69) is 5.32 Å². The van der Waals surface area contributed by atoms with Crippen molar-refractivity contribution in [2.75, 3.05) is 12.8 Å². The monoisotopic (exact) mass is 478 g/mol. The molecule has 0 spiro atoms. The predicted molar refractivity (Wildman–Crippen MR) is 124 cm³/mol. The topological polar surface area (TPSA) is 49.4 Å². The van der Waals surface area contributed by atoms with Crippen LogP contribution in [0.1, 0.15) is 66.6 Å². The van der Waals surface area contributed by atoms with Gasteiger partial charge in [0.1, 0.15) is 0 Å². The van der Waals surface area contributed by atoms with E-state index in [0.717, 1.165) is 37.8 Å². The molecular formula is C25H29F3N2O2S. The molecule has 0 radical (unpaired) electrons. The minimum absolute atomic E-state index is 0.0273. The summed E-state index contributed by atoms with van der Waals surface area (Å²) >= 11 is 1.30. The van der Waals surface area contributed by atoms with Crippen LogP contribution < -0.4 is 5.32 Å². The van der Waals surface area contributed by atoms with Crippen LogP contribution in [-0.2, 0) is 11.0 Å². The molecule has 4 nitrogen and oxygen atoms in total. The summed E-state index contributed by atoms with van der Waals surface area (Å²) in [6.07, 6.45) is 1.11. The first kappa shape index (κ1) is 25.1. The van der Waals surface area contributed by atoms with Gasteiger partial charge in [-0.25, -0.2) is 0 Å². The number of alkyl halides is 3. The number of hydrogen-bond donors (Lipinski definition) is 1. The number of thioether (sulfide) groups is 1. The second-order valence-corrected chi connectivity index (χ2v) is 9.42. The number of halogens is 3.